The Hall–Kier alpha value is -0.850. The van der Waals surface area contributed by atoms with E-state index >= 15 is 0 Å². The number of sulfonamides is 1. The molecule has 0 amide bonds. The van der Waals surface area contributed by atoms with E-state index in [0.717, 1.165) is 12.8 Å². The summed E-state index contributed by atoms with van der Waals surface area (Å²) in [6, 6.07) is 1.17. The third kappa shape index (κ3) is 4.06. The van der Waals surface area contributed by atoms with Crippen LogP contribution in [0.5, 0.6) is 0 Å². The summed E-state index contributed by atoms with van der Waals surface area (Å²) in [5, 5.41) is 0.137. The summed E-state index contributed by atoms with van der Waals surface area (Å²) in [6.45, 7) is 5.95. The van der Waals surface area contributed by atoms with E-state index in [9.17, 15) is 8.42 Å². The number of rotatable bonds is 6. The molecular formula is C12H20ClN3O2S. The zero-order chi connectivity index (χ0) is 14.6. The Labute approximate surface area is 119 Å². The van der Waals surface area contributed by atoms with E-state index in [2.05, 4.69) is 9.71 Å². The lowest BCUT2D eigenvalue weighted by Gasteiger charge is -2.22. The average Bonchev–Trinajstić information content (AvgIpc) is 2.33. The highest BCUT2D eigenvalue weighted by atomic mass is 35.5. The predicted molar refractivity (Wildman–Crippen MR) is 77.5 cm³/mol. The number of anilines is 1. The maximum atomic E-state index is 12.2. The molecule has 0 aliphatic rings. The molecule has 0 spiro atoms. The molecule has 0 aliphatic heterocycles. The molecule has 1 unspecified atom stereocenters. The molecule has 1 heterocycles. The van der Waals surface area contributed by atoms with Crippen molar-refractivity contribution in [2.45, 2.75) is 44.6 Å². The number of aromatic nitrogens is 1. The Balaban J connectivity index is 2.95. The molecule has 1 atom stereocenters. The Morgan fingerprint density at radius 2 is 2.00 bits per heavy atom. The van der Waals surface area contributed by atoms with Gasteiger partial charge < -0.3 is 5.73 Å². The second-order valence-corrected chi connectivity index (χ2v) is 6.65. The molecule has 0 saturated carbocycles. The number of nitrogens with one attached hydrogen (secondary N) is 1. The van der Waals surface area contributed by atoms with Crippen LogP contribution in [-0.2, 0) is 10.0 Å². The third-order valence-corrected chi connectivity index (χ3v) is 5.08. The molecule has 7 heteroatoms. The molecule has 5 nitrogen and oxygen atoms in total. The van der Waals surface area contributed by atoms with Gasteiger partial charge in [0.15, 0.2) is 0 Å². The highest BCUT2D eigenvalue weighted by molar-refractivity contribution is 7.89. The minimum absolute atomic E-state index is 0.0320. The van der Waals surface area contributed by atoms with Crippen molar-refractivity contribution in [1.29, 1.82) is 0 Å². The van der Waals surface area contributed by atoms with Gasteiger partial charge in [-0.05, 0) is 18.9 Å². The monoisotopic (exact) mass is 305 g/mol. The van der Waals surface area contributed by atoms with Crippen LogP contribution in [0.3, 0.4) is 0 Å². The number of nitrogens with two attached hydrogens (primary N) is 1. The molecule has 108 valence electrons. The van der Waals surface area contributed by atoms with Crippen molar-refractivity contribution < 1.29 is 8.42 Å². The minimum atomic E-state index is -3.62. The number of hydrogen-bond donors (Lipinski definition) is 2. The molecule has 1 rings (SSSR count). The lowest BCUT2D eigenvalue weighted by molar-refractivity contribution is 0.390. The van der Waals surface area contributed by atoms with Crippen molar-refractivity contribution in [1.82, 2.24) is 9.71 Å². The molecule has 19 heavy (non-hydrogen) atoms. The third-order valence-electron chi connectivity index (χ3n) is 3.25. The van der Waals surface area contributed by atoms with Crippen LogP contribution in [0.25, 0.3) is 0 Å². The van der Waals surface area contributed by atoms with Gasteiger partial charge in [0.25, 0.3) is 0 Å². The second kappa shape index (κ2) is 6.54. The first-order valence-corrected chi connectivity index (χ1v) is 8.11. The summed E-state index contributed by atoms with van der Waals surface area (Å²) in [7, 11) is -3.62. The van der Waals surface area contributed by atoms with Crippen LogP contribution in [0.4, 0.5) is 5.82 Å². The van der Waals surface area contributed by atoms with Crippen LogP contribution >= 0.6 is 11.6 Å². The van der Waals surface area contributed by atoms with E-state index in [4.69, 9.17) is 17.3 Å². The van der Waals surface area contributed by atoms with Crippen LogP contribution in [0, 0.1) is 5.92 Å². The van der Waals surface area contributed by atoms with Gasteiger partial charge in [-0.2, -0.15) is 0 Å². The molecule has 0 bridgehead atoms. The number of pyridine rings is 1. The van der Waals surface area contributed by atoms with Crippen molar-refractivity contribution in [2.75, 3.05) is 5.73 Å². The number of nitrogens with zero attached hydrogens (tertiary/aromatic N) is 1. The molecule has 0 fully saturated rings. The fourth-order valence-corrected chi connectivity index (χ4v) is 3.50. The van der Waals surface area contributed by atoms with Gasteiger partial charge >= 0.3 is 0 Å². The van der Waals surface area contributed by atoms with Gasteiger partial charge in [0.05, 0.1) is 5.02 Å². The molecule has 0 aromatic carbocycles. The van der Waals surface area contributed by atoms with Gasteiger partial charge in [0.2, 0.25) is 10.0 Å². The minimum Gasteiger partial charge on any atom is -0.382 e. The van der Waals surface area contributed by atoms with Crippen molar-refractivity contribution >= 4 is 27.4 Å². The van der Waals surface area contributed by atoms with Crippen molar-refractivity contribution in [3.63, 3.8) is 0 Å². The van der Waals surface area contributed by atoms with E-state index in [1.165, 1.54) is 12.3 Å². The second-order valence-electron chi connectivity index (χ2n) is 4.52. The van der Waals surface area contributed by atoms with E-state index in [-0.39, 0.29) is 21.8 Å². The van der Waals surface area contributed by atoms with E-state index in [1.54, 1.807) is 0 Å². The van der Waals surface area contributed by atoms with Gasteiger partial charge in [0.1, 0.15) is 10.7 Å². The Bertz CT molecular complexity index is 530. The van der Waals surface area contributed by atoms with Crippen molar-refractivity contribution in [3.05, 3.63) is 17.3 Å². The van der Waals surface area contributed by atoms with Gasteiger partial charge in [0, 0.05) is 12.2 Å². The Morgan fingerprint density at radius 1 is 1.42 bits per heavy atom. The van der Waals surface area contributed by atoms with Gasteiger partial charge in [-0.3, -0.25) is 0 Å². The van der Waals surface area contributed by atoms with Crippen LogP contribution in [-0.4, -0.2) is 19.4 Å². The lowest BCUT2D eigenvalue weighted by Crippen LogP contribution is -2.37. The van der Waals surface area contributed by atoms with Crippen LogP contribution < -0.4 is 10.5 Å². The topological polar surface area (TPSA) is 85.1 Å². The zero-order valence-corrected chi connectivity index (χ0v) is 12.9. The highest BCUT2D eigenvalue weighted by Crippen LogP contribution is 2.21. The van der Waals surface area contributed by atoms with E-state index in [1.807, 2.05) is 20.8 Å². The molecule has 1 aromatic rings. The number of halogens is 1. The summed E-state index contributed by atoms with van der Waals surface area (Å²) < 4.78 is 27.0. The summed E-state index contributed by atoms with van der Waals surface area (Å²) in [5.41, 5.74) is 5.47. The lowest BCUT2D eigenvalue weighted by atomic mass is 9.96. The summed E-state index contributed by atoms with van der Waals surface area (Å²) in [6.07, 6.45) is 3.05. The summed E-state index contributed by atoms with van der Waals surface area (Å²) >= 11 is 5.79. The van der Waals surface area contributed by atoms with Crippen LogP contribution in [0.15, 0.2) is 17.2 Å². The summed E-state index contributed by atoms with van der Waals surface area (Å²) in [5.74, 6) is 0.417. The fourth-order valence-electron chi connectivity index (χ4n) is 1.98. The molecular weight excluding hydrogens is 286 g/mol. The highest BCUT2D eigenvalue weighted by Gasteiger charge is 2.22. The largest absolute Gasteiger partial charge is 0.382 e. The Morgan fingerprint density at radius 3 is 2.47 bits per heavy atom. The number of nitrogen functional groups attached to an aromatic ring is 1. The van der Waals surface area contributed by atoms with Gasteiger partial charge in [-0.15, -0.1) is 0 Å². The van der Waals surface area contributed by atoms with Crippen molar-refractivity contribution in [3.8, 4) is 0 Å². The average molecular weight is 306 g/mol. The number of hydrogen-bond acceptors (Lipinski definition) is 4. The molecule has 3 N–H and O–H groups in total. The molecule has 0 aliphatic carbocycles. The fraction of sp³-hybridized carbons (Fsp3) is 0.583. The summed E-state index contributed by atoms with van der Waals surface area (Å²) in [4.78, 5) is 3.80. The van der Waals surface area contributed by atoms with Crippen LogP contribution in [0.1, 0.15) is 33.6 Å². The molecule has 0 saturated heterocycles. The Kier molecular flexibility index (Phi) is 5.58. The first-order chi connectivity index (χ1) is 8.81. The van der Waals surface area contributed by atoms with Gasteiger partial charge in [-0.25, -0.2) is 18.1 Å². The van der Waals surface area contributed by atoms with Crippen LogP contribution in [0.2, 0.25) is 5.02 Å². The maximum Gasteiger partial charge on any atom is 0.242 e. The maximum absolute atomic E-state index is 12.2. The van der Waals surface area contributed by atoms with E-state index < -0.39 is 10.0 Å². The normalized spacial score (nSPS) is 13.7. The quantitative estimate of drug-likeness (QED) is 0.845. The predicted octanol–water partition coefficient (Wildman–Crippen LogP) is 2.42. The van der Waals surface area contributed by atoms with Gasteiger partial charge in [-0.1, -0.05) is 38.3 Å². The molecule has 1 aromatic heterocycles. The first kappa shape index (κ1) is 16.2. The zero-order valence-electron chi connectivity index (χ0n) is 11.4. The first-order valence-electron chi connectivity index (χ1n) is 6.25. The van der Waals surface area contributed by atoms with E-state index in [0.29, 0.717) is 5.92 Å². The smallest absolute Gasteiger partial charge is 0.242 e. The molecule has 0 radical (unpaired) electrons. The standard InChI is InChI=1S/C12H20ClN3O2S/c1-4-9(5-2)8(3)16-19(17,18)10-6-11(13)12(14)15-7-10/h6-9,16H,4-5H2,1-3H3,(H2,14,15). The van der Waals surface area contributed by atoms with Crippen molar-refractivity contribution in [2.24, 2.45) is 5.92 Å². The SMILES string of the molecule is CCC(CC)C(C)NS(=O)(=O)c1cnc(N)c(Cl)c1.